The van der Waals surface area contributed by atoms with E-state index in [4.69, 9.17) is 11.6 Å². The van der Waals surface area contributed by atoms with Crippen molar-refractivity contribution in [2.75, 3.05) is 31.6 Å². The molecule has 0 radical (unpaired) electrons. The number of likely N-dealkylation sites (tertiary alicyclic amines) is 1. The molecule has 5 heteroatoms. The highest BCUT2D eigenvalue weighted by atomic mass is 35.5. The van der Waals surface area contributed by atoms with Gasteiger partial charge in [-0.25, -0.2) is 4.39 Å². The third-order valence-corrected chi connectivity index (χ3v) is 7.23. The van der Waals surface area contributed by atoms with Crippen LogP contribution in [0, 0.1) is 5.82 Å². The molecule has 3 aromatic rings. The van der Waals surface area contributed by atoms with Crippen LogP contribution in [0.15, 0.2) is 66.7 Å². The van der Waals surface area contributed by atoms with Crippen molar-refractivity contribution in [2.24, 2.45) is 0 Å². The summed E-state index contributed by atoms with van der Waals surface area (Å²) in [6, 6.07) is 22.1. The van der Waals surface area contributed by atoms with Crippen LogP contribution in [0.3, 0.4) is 0 Å². The maximum absolute atomic E-state index is 13.7. The van der Waals surface area contributed by atoms with Crippen LogP contribution in [0.5, 0.6) is 0 Å². The molecule has 0 saturated carbocycles. The fourth-order valence-electron chi connectivity index (χ4n) is 5.27. The Labute approximate surface area is 205 Å². The molecule has 3 aromatic carbocycles. The lowest BCUT2D eigenvalue weighted by Crippen LogP contribution is -2.27. The number of nitrogens with one attached hydrogen (secondary N) is 1. The van der Waals surface area contributed by atoms with Crippen molar-refractivity contribution in [1.82, 2.24) is 4.90 Å². The predicted molar refractivity (Wildman–Crippen MR) is 138 cm³/mol. The number of hydrogen-bond acceptors (Lipinski definition) is 2. The summed E-state index contributed by atoms with van der Waals surface area (Å²) >= 11 is 6.50. The Morgan fingerprint density at radius 3 is 2.59 bits per heavy atom. The second-order valence-electron chi connectivity index (χ2n) is 9.19. The van der Waals surface area contributed by atoms with Gasteiger partial charge in [-0.1, -0.05) is 54.1 Å². The molecule has 1 aliphatic carbocycles. The number of allylic oxidation sites excluding steroid dienone is 1. The van der Waals surface area contributed by atoms with Gasteiger partial charge in [-0.05, 0) is 83.3 Å². The first kappa shape index (κ1) is 23.1. The maximum Gasteiger partial charge on any atom is 0.124 e. The molecule has 1 N–H and O–H groups in total. The minimum absolute atomic E-state index is 0.250. The minimum atomic E-state index is -0.322. The van der Waals surface area contributed by atoms with E-state index in [-0.39, 0.29) is 12.5 Å². The normalized spacial score (nSPS) is 18.3. The lowest BCUT2D eigenvalue weighted by atomic mass is 9.80. The van der Waals surface area contributed by atoms with Gasteiger partial charge in [0.15, 0.2) is 0 Å². The molecule has 2 aliphatic rings. The maximum atomic E-state index is 13.7. The van der Waals surface area contributed by atoms with E-state index in [0.717, 1.165) is 61.3 Å². The Bertz CT molecular complexity index is 1190. The molecule has 0 aromatic heterocycles. The van der Waals surface area contributed by atoms with Gasteiger partial charge in [0.25, 0.3) is 0 Å². The largest absolute Gasteiger partial charge is 0.381 e. The quantitative estimate of drug-likeness (QED) is 0.385. The number of aryl methyl sites for hydroxylation is 1. The topological polar surface area (TPSA) is 15.3 Å². The molecule has 1 fully saturated rings. The summed E-state index contributed by atoms with van der Waals surface area (Å²) < 4.78 is 26.2. The summed E-state index contributed by atoms with van der Waals surface area (Å²) in [5.74, 6) is -0.322. The molecule has 1 aliphatic heterocycles. The standard InChI is InChI=1S/C29H29ClF2N2/c30-28-18-22(32)9-13-26(28)27-12-8-20-4-1-2-5-25(20)29(27)21-6-10-23(11-7-21)33-24-14-17-34(19-24)16-3-15-31/h1-2,4-7,9-11,13,18,24,33H,3,8,12,14-17,19H2/t24-/m0/s1. The third kappa shape index (κ3) is 4.89. The van der Waals surface area contributed by atoms with E-state index in [1.807, 2.05) is 0 Å². The number of fused-ring (bicyclic) bond motifs is 1. The molecule has 34 heavy (non-hydrogen) atoms. The van der Waals surface area contributed by atoms with E-state index < -0.39 is 0 Å². The molecular weight excluding hydrogens is 450 g/mol. The van der Waals surface area contributed by atoms with Gasteiger partial charge in [0.05, 0.1) is 11.7 Å². The first-order valence-electron chi connectivity index (χ1n) is 12.0. The molecule has 1 heterocycles. The van der Waals surface area contributed by atoms with Crippen molar-refractivity contribution >= 4 is 28.4 Å². The van der Waals surface area contributed by atoms with E-state index in [9.17, 15) is 8.78 Å². The number of rotatable bonds is 7. The number of halogens is 3. The zero-order valence-electron chi connectivity index (χ0n) is 19.2. The molecular formula is C29H29ClF2N2. The van der Waals surface area contributed by atoms with Crippen LogP contribution >= 0.6 is 11.6 Å². The molecule has 176 valence electrons. The fraction of sp³-hybridized carbons (Fsp3) is 0.310. The smallest absolute Gasteiger partial charge is 0.124 e. The van der Waals surface area contributed by atoms with Crippen molar-refractivity contribution in [2.45, 2.75) is 31.7 Å². The summed E-state index contributed by atoms with van der Waals surface area (Å²) in [5, 5.41) is 4.09. The molecule has 2 nitrogen and oxygen atoms in total. The van der Waals surface area contributed by atoms with Crippen LogP contribution in [-0.2, 0) is 6.42 Å². The number of benzene rings is 3. The first-order valence-corrected chi connectivity index (χ1v) is 12.4. The summed E-state index contributed by atoms with van der Waals surface area (Å²) in [7, 11) is 0. The van der Waals surface area contributed by atoms with Crippen molar-refractivity contribution < 1.29 is 8.78 Å². The molecule has 0 bridgehead atoms. The lowest BCUT2D eigenvalue weighted by molar-refractivity contribution is 0.310. The Morgan fingerprint density at radius 2 is 1.79 bits per heavy atom. The van der Waals surface area contributed by atoms with Crippen LogP contribution < -0.4 is 5.32 Å². The predicted octanol–water partition coefficient (Wildman–Crippen LogP) is 7.23. The Balaban J connectivity index is 1.44. The van der Waals surface area contributed by atoms with Gasteiger partial charge in [0.1, 0.15) is 5.82 Å². The molecule has 0 amide bonds. The van der Waals surface area contributed by atoms with Crippen LogP contribution in [0.4, 0.5) is 14.5 Å². The SMILES string of the molecule is FCCCN1CC[C@H](Nc2ccc(C3=C(c4ccc(F)cc4Cl)CCc4ccccc43)cc2)C1. The van der Waals surface area contributed by atoms with Gasteiger partial charge < -0.3 is 10.2 Å². The molecule has 0 spiro atoms. The van der Waals surface area contributed by atoms with Gasteiger partial charge in [0.2, 0.25) is 0 Å². The number of anilines is 1. The first-order chi connectivity index (χ1) is 16.6. The number of alkyl halides is 1. The van der Waals surface area contributed by atoms with E-state index >= 15 is 0 Å². The number of nitrogens with zero attached hydrogens (tertiary/aromatic N) is 1. The summed E-state index contributed by atoms with van der Waals surface area (Å²) in [6.07, 6.45) is 3.47. The highest BCUT2D eigenvalue weighted by Crippen LogP contribution is 2.42. The van der Waals surface area contributed by atoms with Crippen molar-refractivity contribution in [3.63, 3.8) is 0 Å². The lowest BCUT2D eigenvalue weighted by Gasteiger charge is -2.25. The molecule has 1 saturated heterocycles. The summed E-state index contributed by atoms with van der Waals surface area (Å²) in [4.78, 5) is 2.33. The average Bonchev–Trinajstić information content (AvgIpc) is 3.30. The van der Waals surface area contributed by atoms with Crippen LogP contribution in [-0.4, -0.2) is 37.3 Å². The van der Waals surface area contributed by atoms with Crippen molar-refractivity contribution in [3.05, 3.63) is 99.8 Å². The molecule has 5 rings (SSSR count). The van der Waals surface area contributed by atoms with Crippen molar-refractivity contribution in [1.29, 1.82) is 0 Å². The molecule has 1 atom stereocenters. The highest BCUT2D eigenvalue weighted by Gasteiger charge is 2.24. The second kappa shape index (κ2) is 10.3. The summed E-state index contributed by atoms with van der Waals surface area (Å²) in [6.45, 7) is 2.55. The Hall–Kier alpha value is -2.69. The van der Waals surface area contributed by atoms with Crippen LogP contribution in [0.25, 0.3) is 11.1 Å². The zero-order chi connectivity index (χ0) is 23.5. The Morgan fingerprint density at radius 1 is 0.971 bits per heavy atom. The van der Waals surface area contributed by atoms with Gasteiger partial charge in [0, 0.05) is 31.4 Å². The molecule has 0 unspecified atom stereocenters. The minimum Gasteiger partial charge on any atom is -0.381 e. The second-order valence-corrected chi connectivity index (χ2v) is 9.59. The third-order valence-electron chi connectivity index (χ3n) is 6.91. The van der Waals surface area contributed by atoms with Gasteiger partial charge in [-0.15, -0.1) is 0 Å². The van der Waals surface area contributed by atoms with E-state index in [1.165, 1.54) is 28.8 Å². The van der Waals surface area contributed by atoms with Crippen LogP contribution in [0.2, 0.25) is 5.02 Å². The average molecular weight is 479 g/mol. The van der Waals surface area contributed by atoms with E-state index in [0.29, 0.717) is 17.5 Å². The zero-order valence-corrected chi connectivity index (χ0v) is 19.9. The Kier molecular flexibility index (Phi) is 6.98. The monoisotopic (exact) mass is 478 g/mol. The van der Waals surface area contributed by atoms with Crippen molar-refractivity contribution in [3.8, 4) is 0 Å². The van der Waals surface area contributed by atoms with Gasteiger partial charge in [-0.3, -0.25) is 4.39 Å². The van der Waals surface area contributed by atoms with Gasteiger partial charge in [-0.2, -0.15) is 0 Å². The van der Waals surface area contributed by atoms with E-state index in [1.54, 1.807) is 6.07 Å². The number of hydrogen-bond donors (Lipinski definition) is 1. The highest BCUT2D eigenvalue weighted by molar-refractivity contribution is 6.32. The summed E-state index contributed by atoms with van der Waals surface area (Å²) in [5.41, 5.74) is 7.97. The van der Waals surface area contributed by atoms with Crippen LogP contribution in [0.1, 0.15) is 41.5 Å². The van der Waals surface area contributed by atoms with Gasteiger partial charge >= 0.3 is 0 Å². The fourth-order valence-corrected chi connectivity index (χ4v) is 5.55. The van der Waals surface area contributed by atoms with E-state index in [2.05, 4.69) is 58.7 Å².